The molecule has 4 heterocycles. The molecular formula is C21H24F3N7O5. The number of nitrogens with zero attached hydrogens (tertiary/aromatic N) is 5. The summed E-state index contributed by atoms with van der Waals surface area (Å²) in [5.74, 6) is -0.710. The number of anilines is 3. The number of halogens is 3. The van der Waals surface area contributed by atoms with Gasteiger partial charge in [0.1, 0.15) is 24.4 Å². The van der Waals surface area contributed by atoms with E-state index in [1.165, 1.54) is 23.4 Å². The third-order valence-corrected chi connectivity index (χ3v) is 5.74. The SMILES string of the molecule is CC(NC(=O)c1ccc2c(n1)N(C(=O)Nc1ncc(OCC(O)CO)cn1)[C@H]1CCN2C1)C(F)(F)F. The van der Waals surface area contributed by atoms with Crippen LogP contribution in [-0.4, -0.2) is 87.8 Å². The highest BCUT2D eigenvalue weighted by molar-refractivity contribution is 6.04. The van der Waals surface area contributed by atoms with Gasteiger partial charge in [-0.05, 0) is 25.5 Å². The van der Waals surface area contributed by atoms with Crippen LogP contribution in [0.5, 0.6) is 5.75 Å². The molecule has 2 aliphatic rings. The summed E-state index contributed by atoms with van der Waals surface area (Å²) in [5, 5.41) is 22.6. The van der Waals surface area contributed by atoms with Gasteiger partial charge in [-0.2, -0.15) is 13.2 Å². The molecule has 4 N–H and O–H groups in total. The molecule has 0 aliphatic carbocycles. The van der Waals surface area contributed by atoms with Crippen LogP contribution >= 0.6 is 0 Å². The van der Waals surface area contributed by atoms with Gasteiger partial charge in [0.15, 0.2) is 11.6 Å². The van der Waals surface area contributed by atoms with E-state index in [1.807, 2.05) is 10.2 Å². The number of alkyl halides is 3. The third kappa shape index (κ3) is 5.41. The molecule has 0 spiro atoms. The van der Waals surface area contributed by atoms with E-state index in [4.69, 9.17) is 9.84 Å². The maximum absolute atomic E-state index is 13.2. The summed E-state index contributed by atoms with van der Waals surface area (Å²) in [6.45, 7) is 1.36. The van der Waals surface area contributed by atoms with Crippen LogP contribution in [0.15, 0.2) is 24.5 Å². The lowest BCUT2D eigenvalue weighted by Crippen LogP contribution is -2.49. The Morgan fingerprint density at radius 2 is 2.00 bits per heavy atom. The van der Waals surface area contributed by atoms with Crippen molar-refractivity contribution < 1.29 is 37.7 Å². The molecule has 36 heavy (non-hydrogen) atoms. The van der Waals surface area contributed by atoms with Gasteiger partial charge >= 0.3 is 12.2 Å². The second-order valence-corrected chi connectivity index (χ2v) is 8.35. The maximum Gasteiger partial charge on any atom is 0.408 e. The van der Waals surface area contributed by atoms with E-state index in [0.29, 0.717) is 25.2 Å². The van der Waals surface area contributed by atoms with Crippen LogP contribution in [0.3, 0.4) is 0 Å². The fourth-order valence-electron chi connectivity index (χ4n) is 3.81. The number of nitrogens with one attached hydrogen (secondary N) is 2. The molecule has 4 rings (SSSR count). The summed E-state index contributed by atoms with van der Waals surface area (Å²) >= 11 is 0. The Balaban J connectivity index is 1.51. The molecule has 3 amide bonds. The average molecular weight is 511 g/mol. The van der Waals surface area contributed by atoms with Crippen molar-refractivity contribution in [1.29, 1.82) is 0 Å². The Morgan fingerprint density at radius 3 is 2.67 bits per heavy atom. The summed E-state index contributed by atoms with van der Waals surface area (Å²) in [5.41, 5.74) is 0.319. The molecule has 1 fully saturated rings. The number of carbonyl (C=O) groups is 2. The first-order chi connectivity index (χ1) is 17.1. The van der Waals surface area contributed by atoms with E-state index >= 15 is 0 Å². The number of aliphatic hydroxyl groups excluding tert-OH is 2. The van der Waals surface area contributed by atoms with Gasteiger partial charge in [0, 0.05) is 13.1 Å². The van der Waals surface area contributed by atoms with Gasteiger partial charge in [0.2, 0.25) is 5.95 Å². The van der Waals surface area contributed by atoms with Crippen LogP contribution in [0.2, 0.25) is 0 Å². The Kier molecular flexibility index (Phi) is 7.12. The van der Waals surface area contributed by atoms with Crippen LogP contribution in [-0.2, 0) is 0 Å². The highest BCUT2D eigenvalue weighted by Crippen LogP contribution is 2.39. The quantitative estimate of drug-likeness (QED) is 0.425. The van der Waals surface area contributed by atoms with Crippen LogP contribution in [0.25, 0.3) is 0 Å². The molecule has 2 aromatic heterocycles. The minimum Gasteiger partial charge on any atom is -0.488 e. The number of urea groups is 1. The van der Waals surface area contributed by atoms with E-state index in [9.17, 15) is 27.9 Å². The van der Waals surface area contributed by atoms with Gasteiger partial charge in [-0.25, -0.2) is 19.7 Å². The monoisotopic (exact) mass is 511 g/mol. The lowest BCUT2D eigenvalue weighted by molar-refractivity contribution is -0.149. The van der Waals surface area contributed by atoms with Gasteiger partial charge in [-0.3, -0.25) is 15.0 Å². The number of hydrogen-bond acceptors (Lipinski definition) is 9. The first-order valence-corrected chi connectivity index (χ1v) is 11.0. The molecule has 2 unspecified atom stereocenters. The summed E-state index contributed by atoms with van der Waals surface area (Å²) in [6, 6.07) is -0.0958. The Morgan fingerprint density at radius 1 is 1.28 bits per heavy atom. The van der Waals surface area contributed by atoms with Gasteiger partial charge < -0.3 is 25.2 Å². The molecule has 0 aromatic carbocycles. The van der Waals surface area contributed by atoms with Gasteiger partial charge in [-0.15, -0.1) is 0 Å². The number of aromatic nitrogens is 3. The molecule has 2 aromatic rings. The number of hydrogen-bond donors (Lipinski definition) is 4. The molecule has 2 bridgehead atoms. The Bertz CT molecular complexity index is 1120. The van der Waals surface area contributed by atoms with Crippen molar-refractivity contribution in [3.05, 3.63) is 30.2 Å². The lowest BCUT2D eigenvalue weighted by atomic mass is 10.1. The highest BCUT2D eigenvalue weighted by atomic mass is 19.4. The zero-order chi connectivity index (χ0) is 26.0. The van der Waals surface area contributed by atoms with Crippen molar-refractivity contribution in [2.45, 2.75) is 37.7 Å². The standard InChI is InChI=1S/C21H24F3N7O5/c1-11(21(22,23)24)27-18(34)15-2-3-16-17(28-15)31(12-4-5-30(16)8-12)20(35)29-19-25-6-14(7-26-19)36-10-13(33)9-32/h2-3,6-7,11-13,32-33H,4-5,8-10H2,1H3,(H,27,34)(H,25,26,29,35)/t11?,12-,13?/m0/s1. The highest BCUT2D eigenvalue weighted by Gasteiger charge is 2.41. The first kappa shape index (κ1) is 25.4. The normalized spacial score (nSPS) is 18.3. The average Bonchev–Trinajstić information content (AvgIpc) is 3.26. The molecule has 15 heteroatoms. The van der Waals surface area contributed by atoms with Crippen molar-refractivity contribution >= 4 is 29.4 Å². The fraction of sp³-hybridized carbons (Fsp3) is 0.476. The topological polar surface area (TPSA) is 153 Å². The zero-order valence-corrected chi connectivity index (χ0v) is 19.1. The number of carbonyl (C=O) groups excluding carboxylic acids is 2. The minimum atomic E-state index is -4.61. The summed E-state index contributed by atoms with van der Waals surface area (Å²) in [7, 11) is 0. The molecule has 0 saturated carbocycles. The van der Waals surface area contributed by atoms with Crippen molar-refractivity contribution in [2.75, 3.05) is 41.4 Å². The summed E-state index contributed by atoms with van der Waals surface area (Å²) in [6.07, 6.45) is -2.50. The molecule has 1 saturated heterocycles. The lowest BCUT2D eigenvalue weighted by Gasteiger charge is -2.35. The number of ether oxygens (including phenoxy) is 1. The largest absolute Gasteiger partial charge is 0.488 e. The molecule has 3 atom stereocenters. The van der Waals surface area contributed by atoms with Crippen LogP contribution < -0.4 is 25.2 Å². The van der Waals surface area contributed by atoms with E-state index < -0.39 is 36.9 Å². The Hall–Kier alpha value is -3.72. The van der Waals surface area contributed by atoms with Gasteiger partial charge in [0.05, 0.1) is 30.7 Å². The van der Waals surface area contributed by atoms with E-state index in [-0.39, 0.29) is 35.9 Å². The Labute approximate surface area is 203 Å². The van der Waals surface area contributed by atoms with E-state index in [0.717, 1.165) is 6.92 Å². The summed E-state index contributed by atoms with van der Waals surface area (Å²) < 4.78 is 43.8. The van der Waals surface area contributed by atoms with E-state index in [1.54, 1.807) is 6.07 Å². The van der Waals surface area contributed by atoms with Gasteiger partial charge in [-0.1, -0.05) is 0 Å². The van der Waals surface area contributed by atoms with Crippen molar-refractivity contribution in [3.8, 4) is 5.75 Å². The molecule has 0 radical (unpaired) electrons. The zero-order valence-electron chi connectivity index (χ0n) is 19.1. The second kappa shape index (κ2) is 10.1. The molecule has 12 nitrogen and oxygen atoms in total. The smallest absolute Gasteiger partial charge is 0.408 e. The fourth-order valence-corrected chi connectivity index (χ4v) is 3.81. The van der Waals surface area contributed by atoms with Crippen LogP contribution in [0, 0.1) is 0 Å². The number of aliphatic hydroxyl groups is 2. The molecule has 2 aliphatic heterocycles. The van der Waals surface area contributed by atoms with Gasteiger partial charge in [0.25, 0.3) is 5.91 Å². The van der Waals surface area contributed by atoms with Crippen LogP contribution in [0.1, 0.15) is 23.8 Å². The molecule has 194 valence electrons. The number of amides is 3. The maximum atomic E-state index is 13.2. The van der Waals surface area contributed by atoms with Crippen molar-refractivity contribution in [1.82, 2.24) is 20.3 Å². The van der Waals surface area contributed by atoms with Crippen molar-refractivity contribution in [2.24, 2.45) is 0 Å². The van der Waals surface area contributed by atoms with Crippen LogP contribution in [0.4, 0.5) is 35.4 Å². The predicted molar refractivity (Wildman–Crippen MR) is 120 cm³/mol. The second-order valence-electron chi connectivity index (χ2n) is 8.35. The number of rotatable bonds is 7. The summed E-state index contributed by atoms with van der Waals surface area (Å²) in [4.78, 5) is 41.2. The van der Waals surface area contributed by atoms with E-state index in [2.05, 4.69) is 20.3 Å². The predicted octanol–water partition coefficient (Wildman–Crippen LogP) is 0.915. The number of pyridine rings is 1. The van der Waals surface area contributed by atoms with Crippen molar-refractivity contribution in [3.63, 3.8) is 0 Å². The first-order valence-electron chi connectivity index (χ1n) is 11.0. The molecular weight excluding hydrogens is 487 g/mol. The number of fused-ring (bicyclic) bond motifs is 4. The third-order valence-electron chi connectivity index (χ3n) is 5.74. The minimum absolute atomic E-state index is 0.0510.